The Morgan fingerprint density at radius 3 is 2.38 bits per heavy atom. The Morgan fingerprint density at radius 2 is 1.94 bits per heavy atom. The molecule has 0 N–H and O–H groups in total. The SMILES string of the molecule is C/C=C(\C(C)=O)C(=O)c1ccc(Cl)nc1Cl. The molecule has 0 aliphatic heterocycles. The molecule has 0 fully saturated rings. The minimum Gasteiger partial charge on any atom is -0.294 e. The number of allylic oxidation sites excluding steroid dienone is 2. The monoisotopic (exact) mass is 257 g/mol. The summed E-state index contributed by atoms with van der Waals surface area (Å²) < 4.78 is 0. The molecule has 0 amide bonds. The van der Waals surface area contributed by atoms with Crippen LogP contribution < -0.4 is 0 Å². The number of pyridine rings is 1. The van der Waals surface area contributed by atoms with Gasteiger partial charge in [0.05, 0.1) is 11.1 Å². The number of hydrogen-bond donors (Lipinski definition) is 0. The minimum atomic E-state index is -0.441. The van der Waals surface area contributed by atoms with E-state index in [1.165, 1.54) is 25.1 Å². The molecule has 1 aromatic heterocycles. The third-order valence-corrected chi connectivity index (χ3v) is 2.47. The van der Waals surface area contributed by atoms with Crippen molar-refractivity contribution in [1.29, 1.82) is 0 Å². The first-order chi connectivity index (χ1) is 7.47. The Balaban J connectivity index is 3.20. The standard InChI is InChI=1S/C11H9Cl2NO2/c1-3-7(6(2)15)10(16)8-4-5-9(12)14-11(8)13/h3-5H,1-2H3/b7-3+. The van der Waals surface area contributed by atoms with Gasteiger partial charge in [-0.1, -0.05) is 29.3 Å². The summed E-state index contributed by atoms with van der Waals surface area (Å²) in [5, 5.41) is 0.199. The first-order valence-corrected chi connectivity index (χ1v) is 5.27. The molecule has 0 radical (unpaired) electrons. The van der Waals surface area contributed by atoms with E-state index in [-0.39, 0.29) is 27.2 Å². The fraction of sp³-hybridized carbons (Fsp3) is 0.182. The third kappa shape index (κ3) is 2.68. The van der Waals surface area contributed by atoms with Crippen LogP contribution in [0.1, 0.15) is 24.2 Å². The van der Waals surface area contributed by atoms with Crippen molar-refractivity contribution in [3.63, 3.8) is 0 Å². The summed E-state index contributed by atoms with van der Waals surface area (Å²) in [6.07, 6.45) is 1.45. The highest BCUT2D eigenvalue weighted by Crippen LogP contribution is 2.20. The lowest BCUT2D eigenvalue weighted by atomic mass is 10.0. The number of nitrogens with zero attached hydrogens (tertiary/aromatic N) is 1. The third-order valence-electron chi connectivity index (χ3n) is 1.97. The van der Waals surface area contributed by atoms with E-state index in [9.17, 15) is 9.59 Å². The number of ketones is 2. The quantitative estimate of drug-likeness (QED) is 0.275. The number of halogens is 2. The van der Waals surface area contributed by atoms with Crippen molar-refractivity contribution < 1.29 is 9.59 Å². The van der Waals surface area contributed by atoms with Crippen LogP contribution in [0.3, 0.4) is 0 Å². The van der Waals surface area contributed by atoms with Crippen LogP contribution in [-0.4, -0.2) is 16.6 Å². The molecule has 0 atom stereocenters. The molecule has 0 spiro atoms. The molecule has 0 bridgehead atoms. The van der Waals surface area contributed by atoms with Crippen molar-refractivity contribution in [2.45, 2.75) is 13.8 Å². The van der Waals surface area contributed by atoms with Crippen LogP contribution in [0.4, 0.5) is 0 Å². The second-order valence-electron chi connectivity index (χ2n) is 3.06. The van der Waals surface area contributed by atoms with Crippen LogP contribution in [0, 0.1) is 0 Å². The highest BCUT2D eigenvalue weighted by atomic mass is 35.5. The highest BCUT2D eigenvalue weighted by molar-refractivity contribution is 6.37. The Kier molecular flexibility index (Phi) is 4.21. The zero-order valence-electron chi connectivity index (χ0n) is 8.75. The summed E-state index contributed by atoms with van der Waals surface area (Å²) in [6, 6.07) is 2.90. The second-order valence-corrected chi connectivity index (χ2v) is 3.81. The van der Waals surface area contributed by atoms with E-state index in [2.05, 4.69) is 4.98 Å². The molecule has 16 heavy (non-hydrogen) atoms. The lowest BCUT2D eigenvalue weighted by Crippen LogP contribution is -2.11. The maximum atomic E-state index is 11.9. The smallest absolute Gasteiger partial charge is 0.199 e. The van der Waals surface area contributed by atoms with E-state index in [0.717, 1.165) is 0 Å². The van der Waals surface area contributed by atoms with Gasteiger partial charge in [0.15, 0.2) is 11.6 Å². The largest absolute Gasteiger partial charge is 0.294 e. The topological polar surface area (TPSA) is 47.0 Å². The minimum absolute atomic E-state index is 0.00176. The number of carbonyl (C=O) groups excluding carboxylic acids is 2. The van der Waals surface area contributed by atoms with Crippen LogP contribution in [-0.2, 0) is 4.79 Å². The van der Waals surface area contributed by atoms with Crippen molar-refractivity contribution >= 4 is 34.8 Å². The zero-order chi connectivity index (χ0) is 12.3. The molecule has 0 saturated carbocycles. The number of carbonyl (C=O) groups is 2. The van der Waals surface area contributed by atoms with Gasteiger partial charge in [-0.15, -0.1) is 0 Å². The Bertz CT molecular complexity index is 481. The number of aromatic nitrogens is 1. The molecule has 5 heteroatoms. The molecule has 0 aromatic carbocycles. The van der Waals surface area contributed by atoms with Crippen LogP contribution in [0.25, 0.3) is 0 Å². The lowest BCUT2D eigenvalue weighted by molar-refractivity contribution is -0.113. The van der Waals surface area contributed by atoms with E-state index < -0.39 is 5.78 Å². The number of Topliss-reactive ketones (excluding diaryl/α,β-unsaturated/α-hetero) is 2. The molecule has 0 aliphatic carbocycles. The van der Waals surface area contributed by atoms with E-state index in [1.807, 2.05) is 0 Å². The predicted octanol–water partition coefficient (Wildman–Crippen LogP) is 3.11. The maximum absolute atomic E-state index is 11.9. The van der Waals surface area contributed by atoms with Crippen LogP contribution >= 0.6 is 23.2 Å². The van der Waals surface area contributed by atoms with E-state index in [0.29, 0.717) is 0 Å². The Morgan fingerprint density at radius 1 is 1.31 bits per heavy atom. The summed E-state index contributed by atoms with van der Waals surface area (Å²) in [7, 11) is 0. The van der Waals surface area contributed by atoms with Crippen molar-refractivity contribution in [3.8, 4) is 0 Å². The Hall–Kier alpha value is -1.19. The molecule has 0 aliphatic rings. The first kappa shape index (κ1) is 12.9. The van der Waals surface area contributed by atoms with Gasteiger partial charge in [-0.05, 0) is 26.0 Å². The Labute approximate surface area is 103 Å². The average Bonchev–Trinajstić information content (AvgIpc) is 2.17. The van der Waals surface area contributed by atoms with Crippen LogP contribution in [0.2, 0.25) is 10.3 Å². The van der Waals surface area contributed by atoms with Gasteiger partial charge in [-0.2, -0.15) is 0 Å². The molecule has 0 unspecified atom stereocenters. The lowest BCUT2D eigenvalue weighted by Gasteiger charge is -2.04. The van der Waals surface area contributed by atoms with E-state index >= 15 is 0 Å². The van der Waals surface area contributed by atoms with Crippen molar-refractivity contribution in [3.05, 3.63) is 39.7 Å². The van der Waals surface area contributed by atoms with Gasteiger partial charge in [0.1, 0.15) is 10.3 Å². The fourth-order valence-electron chi connectivity index (χ4n) is 1.22. The summed E-state index contributed by atoms with van der Waals surface area (Å²) in [6.45, 7) is 2.94. The summed E-state index contributed by atoms with van der Waals surface area (Å²) in [4.78, 5) is 26.8. The summed E-state index contributed by atoms with van der Waals surface area (Å²) in [5.41, 5.74) is 0.264. The maximum Gasteiger partial charge on any atom is 0.199 e. The van der Waals surface area contributed by atoms with Crippen LogP contribution in [0.5, 0.6) is 0 Å². The van der Waals surface area contributed by atoms with Gasteiger partial charge >= 0.3 is 0 Å². The van der Waals surface area contributed by atoms with E-state index in [1.54, 1.807) is 6.92 Å². The predicted molar refractivity (Wildman–Crippen MR) is 63.0 cm³/mol. The van der Waals surface area contributed by atoms with Crippen molar-refractivity contribution in [2.24, 2.45) is 0 Å². The van der Waals surface area contributed by atoms with Gasteiger partial charge < -0.3 is 0 Å². The van der Waals surface area contributed by atoms with Gasteiger partial charge in [-0.25, -0.2) is 4.98 Å². The molecule has 1 aromatic rings. The molecule has 0 saturated heterocycles. The highest BCUT2D eigenvalue weighted by Gasteiger charge is 2.18. The molecular weight excluding hydrogens is 249 g/mol. The molecule has 1 rings (SSSR count). The van der Waals surface area contributed by atoms with Crippen LogP contribution in [0.15, 0.2) is 23.8 Å². The van der Waals surface area contributed by atoms with Gasteiger partial charge in [0.2, 0.25) is 0 Å². The molecule has 1 heterocycles. The van der Waals surface area contributed by atoms with E-state index in [4.69, 9.17) is 23.2 Å². The molecular formula is C11H9Cl2NO2. The number of rotatable bonds is 3. The van der Waals surface area contributed by atoms with Crippen molar-refractivity contribution in [1.82, 2.24) is 4.98 Å². The summed E-state index contributed by atoms with van der Waals surface area (Å²) in [5.74, 6) is -0.748. The second kappa shape index (κ2) is 5.23. The van der Waals surface area contributed by atoms with Gasteiger partial charge in [0.25, 0.3) is 0 Å². The molecule has 84 valence electrons. The number of hydrogen-bond acceptors (Lipinski definition) is 3. The van der Waals surface area contributed by atoms with Crippen molar-refractivity contribution in [2.75, 3.05) is 0 Å². The fourth-order valence-corrected chi connectivity index (χ4v) is 1.65. The van der Waals surface area contributed by atoms with Gasteiger partial charge in [-0.3, -0.25) is 9.59 Å². The first-order valence-electron chi connectivity index (χ1n) is 4.51. The molecule has 3 nitrogen and oxygen atoms in total. The normalized spacial score (nSPS) is 11.4. The average molecular weight is 258 g/mol. The zero-order valence-corrected chi connectivity index (χ0v) is 10.3. The van der Waals surface area contributed by atoms with Gasteiger partial charge in [0, 0.05) is 0 Å². The summed E-state index contributed by atoms with van der Waals surface area (Å²) >= 11 is 11.4.